The highest BCUT2D eigenvalue weighted by atomic mass is 16.2. The lowest BCUT2D eigenvalue weighted by molar-refractivity contribution is -0.121. The smallest absolute Gasteiger partial charge is 0.234 e. The summed E-state index contributed by atoms with van der Waals surface area (Å²) < 4.78 is 0. The number of imide groups is 1. The Hall–Kier alpha value is -1.58. The van der Waals surface area contributed by atoms with Crippen LogP contribution in [0.25, 0.3) is 0 Å². The average molecular weight is 192 g/mol. The fraction of sp³-hybridized carbons (Fsp3) is 0.400. The lowest BCUT2D eigenvalue weighted by Crippen LogP contribution is -2.28. The molecule has 74 valence electrons. The van der Waals surface area contributed by atoms with E-state index in [2.05, 4.69) is 4.98 Å². The standard InChI is InChI=1S/C10H12N2O2/c1-6-5-8(7(2)11-6)12-9(13)3-4-10(12)14/h5,11H,3-4H2,1-2H3. The molecule has 0 spiro atoms. The number of rotatable bonds is 1. The van der Waals surface area contributed by atoms with Gasteiger partial charge in [-0.25, -0.2) is 4.90 Å². The monoisotopic (exact) mass is 192 g/mol. The van der Waals surface area contributed by atoms with Gasteiger partial charge >= 0.3 is 0 Å². The molecule has 0 unspecified atom stereocenters. The number of H-pyrrole nitrogens is 1. The number of carbonyl (C=O) groups is 2. The second-order valence-electron chi connectivity index (χ2n) is 3.59. The topological polar surface area (TPSA) is 53.2 Å². The second kappa shape index (κ2) is 2.97. The maximum atomic E-state index is 11.4. The third kappa shape index (κ3) is 1.23. The predicted molar refractivity (Wildman–Crippen MR) is 52.0 cm³/mol. The molecule has 1 fully saturated rings. The molecule has 4 nitrogen and oxygen atoms in total. The van der Waals surface area contributed by atoms with Crippen LogP contribution in [0.4, 0.5) is 5.69 Å². The van der Waals surface area contributed by atoms with Gasteiger partial charge in [-0.15, -0.1) is 0 Å². The number of aromatic nitrogens is 1. The van der Waals surface area contributed by atoms with E-state index in [-0.39, 0.29) is 11.8 Å². The van der Waals surface area contributed by atoms with Crippen LogP contribution in [0.15, 0.2) is 6.07 Å². The predicted octanol–water partition coefficient (Wildman–Crippen LogP) is 1.28. The zero-order valence-corrected chi connectivity index (χ0v) is 8.26. The summed E-state index contributed by atoms with van der Waals surface area (Å²) >= 11 is 0. The lowest BCUT2D eigenvalue weighted by atomic mass is 10.3. The molecule has 0 bridgehead atoms. The summed E-state index contributed by atoms with van der Waals surface area (Å²) in [7, 11) is 0. The molecule has 1 N–H and O–H groups in total. The summed E-state index contributed by atoms with van der Waals surface area (Å²) in [6.07, 6.45) is 0.672. The van der Waals surface area contributed by atoms with Crippen molar-refractivity contribution in [3.05, 3.63) is 17.5 Å². The molecule has 1 aliphatic rings. The molecule has 0 saturated carbocycles. The fourth-order valence-electron chi connectivity index (χ4n) is 1.79. The zero-order valence-electron chi connectivity index (χ0n) is 8.26. The summed E-state index contributed by atoms with van der Waals surface area (Å²) in [5.74, 6) is -0.200. The van der Waals surface area contributed by atoms with Gasteiger partial charge in [0.2, 0.25) is 11.8 Å². The van der Waals surface area contributed by atoms with Crippen molar-refractivity contribution in [3.63, 3.8) is 0 Å². The van der Waals surface area contributed by atoms with E-state index in [1.807, 2.05) is 19.9 Å². The van der Waals surface area contributed by atoms with Gasteiger partial charge in [0.1, 0.15) is 0 Å². The molecule has 0 radical (unpaired) electrons. The van der Waals surface area contributed by atoms with Crippen LogP contribution in [0.5, 0.6) is 0 Å². The number of carbonyl (C=O) groups excluding carboxylic acids is 2. The van der Waals surface area contributed by atoms with Crippen LogP contribution in [0, 0.1) is 13.8 Å². The van der Waals surface area contributed by atoms with Crippen LogP contribution in [-0.4, -0.2) is 16.8 Å². The molecule has 4 heteroatoms. The first-order chi connectivity index (χ1) is 6.59. The minimum absolute atomic E-state index is 0.0999. The number of aromatic amines is 1. The van der Waals surface area contributed by atoms with E-state index < -0.39 is 0 Å². The van der Waals surface area contributed by atoms with Gasteiger partial charge in [0, 0.05) is 24.2 Å². The van der Waals surface area contributed by atoms with Crippen molar-refractivity contribution in [1.29, 1.82) is 0 Å². The van der Waals surface area contributed by atoms with Crippen LogP contribution in [0.2, 0.25) is 0 Å². The minimum Gasteiger partial charge on any atom is -0.361 e. The van der Waals surface area contributed by atoms with E-state index in [1.54, 1.807) is 0 Å². The first kappa shape index (κ1) is 8.99. The van der Waals surface area contributed by atoms with E-state index in [9.17, 15) is 9.59 Å². The Kier molecular flexibility index (Phi) is 1.91. The Bertz CT molecular complexity index is 390. The summed E-state index contributed by atoms with van der Waals surface area (Å²) in [6.45, 7) is 3.77. The number of hydrogen-bond acceptors (Lipinski definition) is 2. The van der Waals surface area contributed by atoms with Crippen molar-refractivity contribution in [1.82, 2.24) is 4.98 Å². The Morgan fingerprint density at radius 2 is 1.79 bits per heavy atom. The molecule has 1 aromatic heterocycles. The maximum Gasteiger partial charge on any atom is 0.234 e. The maximum absolute atomic E-state index is 11.4. The number of nitrogens with zero attached hydrogens (tertiary/aromatic N) is 1. The molecule has 1 saturated heterocycles. The van der Waals surface area contributed by atoms with Crippen molar-refractivity contribution < 1.29 is 9.59 Å². The largest absolute Gasteiger partial charge is 0.361 e. The highest BCUT2D eigenvalue weighted by molar-refractivity contribution is 6.20. The molecule has 14 heavy (non-hydrogen) atoms. The van der Waals surface area contributed by atoms with Crippen molar-refractivity contribution in [2.45, 2.75) is 26.7 Å². The summed E-state index contributed by atoms with van der Waals surface area (Å²) in [6, 6.07) is 1.83. The second-order valence-corrected chi connectivity index (χ2v) is 3.59. The third-order valence-corrected chi connectivity index (χ3v) is 2.41. The van der Waals surface area contributed by atoms with Crippen molar-refractivity contribution in [2.24, 2.45) is 0 Å². The van der Waals surface area contributed by atoms with E-state index in [0.29, 0.717) is 18.5 Å². The van der Waals surface area contributed by atoms with E-state index >= 15 is 0 Å². The molecule has 0 aliphatic carbocycles. The summed E-state index contributed by atoms with van der Waals surface area (Å²) in [5, 5.41) is 0. The Morgan fingerprint density at radius 1 is 1.21 bits per heavy atom. The minimum atomic E-state index is -0.0999. The van der Waals surface area contributed by atoms with Gasteiger partial charge in [-0.05, 0) is 19.9 Å². The lowest BCUT2D eigenvalue weighted by Gasteiger charge is -2.12. The Labute approximate surface area is 81.9 Å². The van der Waals surface area contributed by atoms with Gasteiger partial charge in [0.05, 0.1) is 5.69 Å². The van der Waals surface area contributed by atoms with Crippen LogP contribution in [0.1, 0.15) is 24.2 Å². The average Bonchev–Trinajstić information content (AvgIpc) is 2.57. The first-order valence-corrected chi connectivity index (χ1v) is 4.61. The molecule has 1 aromatic rings. The molecular weight excluding hydrogens is 180 g/mol. The highest BCUT2D eigenvalue weighted by Gasteiger charge is 2.31. The van der Waals surface area contributed by atoms with E-state index in [4.69, 9.17) is 0 Å². The molecule has 0 atom stereocenters. The Balaban J connectivity index is 2.43. The number of amides is 2. The van der Waals surface area contributed by atoms with Gasteiger partial charge in [0.15, 0.2) is 0 Å². The van der Waals surface area contributed by atoms with Crippen LogP contribution >= 0.6 is 0 Å². The van der Waals surface area contributed by atoms with Gasteiger partial charge in [0.25, 0.3) is 0 Å². The van der Waals surface area contributed by atoms with Crippen molar-refractivity contribution in [3.8, 4) is 0 Å². The van der Waals surface area contributed by atoms with Gasteiger partial charge in [-0.2, -0.15) is 0 Å². The van der Waals surface area contributed by atoms with Gasteiger partial charge in [-0.1, -0.05) is 0 Å². The van der Waals surface area contributed by atoms with E-state index in [1.165, 1.54) is 4.90 Å². The summed E-state index contributed by atoms with van der Waals surface area (Å²) in [5.41, 5.74) is 2.53. The third-order valence-electron chi connectivity index (χ3n) is 2.41. The van der Waals surface area contributed by atoms with Crippen molar-refractivity contribution in [2.75, 3.05) is 4.90 Å². The number of anilines is 1. The molecule has 2 amide bonds. The number of nitrogens with one attached hydrogen (secondary N) is 1. The molecule has 0 aromatic carbocycles. The normalized spacial score (nSPS) is 16.9. The van der Waals surface area contributed by atoms with Crippen LogP contribution in [0.3, 0.4) is 0 Å². The SMILES string of the molecule is Cc1cc(N2C(=O)CCC2=O)c(C)[nH]1. The quantitative estimate of drug-likeness (QED) is 0.681. The van der Waals surface area contributed by atoms with E-state index in [0.717, 1.165) is 11.4 Å². The van der Waals surface area contributed by atoms with Crippen molar-refractivity contribution >= 4 is 17.5 Å². The fourth-order valence-corrected chi connectivity index (χ4v) is 1.79. The highest BCUT2D eigenvalue weighted by Crippen LogP contribution is 2.26. The first-order valence-electron chi connectivity index (χ1n) is 4.61. The number of aryl methyl sites for hydroxylation is 2. The van der Waals surface area contributed by atoms with Crippen LogP contribution in [-0.2, 0) is 9.59 Å². The zero-order chi connectivity index (χ0) is 10.3. The molecular formula is C10H12N2O2. The van der Waals surface area contributed by atoms with Gasteiger partial charge < -0.3 is 4.98 Å². The Morgan fingerprint density at radius 3 is 2.21 bits per heavy atom. The molecule has 1 aliphatic heterocycles. The van der Waals surface area contributed by atoms with Gasteiger partial charge in [-0.3, -0.25) is 9.59 Å². The molecule has 2 heterocycles. The summed E-state index contributed by atoms with van der Waals surface area (Å²) in [4.78, 5) is 27.2. The number of hydrogen-bond donors (Lipinski definition) is 1. The molecule has 2 rings (SSSR count). The van der Waals surface area contributed by atoms with Crippen LogP contribution < -0.4 is 4.90 Å².